The molecule has 0 aliphatic rings. The van der Waals surface area contributed by atoms with Gasteiger partial charge in [0, 0.05) is 19.5 Å². The maximum Gasteiger partial charge on any atom is 0.243 e. The van der Waals surface area contributed by atoms with E-state index < -0.39 is 41.9 Å². The van der Waals surface area contributed by atoms with E-state index in [0.29, 0.717) is 25.7 Å². The van der Waals surface area contributed by atoms with Gasteiger partial charge < -0.3 is 44.2 Å². The molecule has 294 valence electrons. The quantitative estimate of drug-likeness (QED) is 0.0241. The molecule has 0 aromatic heterocycles. The fourth-order valence-corrected chi connectivity index (χ4v) is 5.60. The fourth-order valence-electron chi connectivity index (χ4n) is 5.41. The number of unbranched alkanes of at least 4 members (excludes halogenated alkanes) is 6. The Kier molecular flexibility index (Phi) is 26.0. The second-order valence-corrected chi connectivity index (χ2v) is 14.2. The van der Waals surface area contributed by atoms with E-state index in [1.54, 1.807) is 0 Å². The van der Waals surface area contributed by atoms with E-state index in [2.05, 4.69) is 38.2 Å². The molecular formula is C35H67ClN10O5. The number of halogens is 1. The third kappa shape index (κ3) is 24.2. The van der Waals surface area contributed by atoms with Crippen molar-refractivity contribution in [1.82, 2.24) is 21.3 Å². The van der Waals surface area contributed by atoms with Crippen molar-refractivity contribution in [1.29, 1.82) is 0 Å². The average molecular weight is 743 g/mol. The van der Waals surface area contributed by atoms with Crippen molar-refractivity contribution in [2.45, 2.75) is 149 Å². The van der Waals surface area contributed by atoms with Gasteiger partial charge >= 0.3 is 0 Å². The SMILES string of the molecule is CCCCCCCCCC(=O)N[C@@H](CCCN=C(N)N)C(=O)N[C@@H](CCCN=C(N)N)C(=O)N[C@@H](CC(C)C)C(=O)N[C@@H](CC(C)C)C(=O)CCl. The number of Topliss-reactive ketones (excluding diaryl/α,β-unsaturated/α-hetero) is 1. The molecular weight excluding hydrogens is 676 g/mol. The molecule has 0 saturated heterocycles. The minimum Gasteiger partial charge on any atom is -0.370 e. The maximum absolute atomic E-state index is 13.8. The highest BCUT2D eigenvalue weighted by atomic mass is 35.5. The first-order chi connectivity index (χ1) is 24.1. The Balaban J connectivity index is 6.00. The molecule has 0 saturated carbocycles. The number of nitrogens with one attached hydrogen (secondary N) is 4. The molecule has 0 radical (unpaired) electrons. The Morgan fingerprint density at radius 3 is 1.45 bits per heavy atom. The van der Waals surface area contributed by atoms with E-state index in [9.17, 15) is 24.0 Å². The van der Waals surface area contributed by atoms with Crippen LogP contribution in [-0.4, -0.2) is 84.5 Å². The summed E-state index contributed by atoms with van der Waals surface area (Å²) in [6.07, 6.45) is 9.34. The summed E-state index contributed by atoms with van der Waals surface area (Å²) in [5.41, 5.74) is 21.8. The Labute approximate surface area is 310 Å². The largest absolute Gasteiger partial charge is 0.370 e. The molecule has 0 aliphatic carbocycles. The van der Waals surface area contributed by atoms with Gasteiger partial charge in [-0.2, -0.15) is 0 Å². The number of hydrogen-bond donors (Lipinski definition) is 8. The van der Waals surface area contributed by atoms with Crippen molar-refractivity contribution < 1.29 is 24.0 Å². The first-order valence-electron chi connectivity index (χ1n) is 18.5. The summed E-state index contributed by atoms with van der Waals surface area (Å²) in [4.78, 5) is 74.3. The van der Waals surface area contributed by atoms with Crippen LogP contribution in [0.2, 0.25) is 0 Å². The van der Waals surface area contributed by atoms with Crippen molar-refractivity contribution in [3.8, 4) is 0 Å². The lowest BCUT2D eigenvalue weighted by atomic mass is 9.98. The van der Waals surface area contributed by atoms with Crippen LogP contribution in [0.1, 0.15) is 125 Å². The molecule has 0 heterocycles. The smallest absolute Gasteiger partial charge is 0.243 e. The molecule has 0 aromatic carbocycles. The number of carbonyl (C=O) groups excluding carboxylic acids is 5. The highest BCUT2D eigenvalue weighted by Gasteiger charge is 2.31. The van der Waals surface area contributed by atoms with Crippen LogP contribution in [0.25, 0.3) is 0 Å². The highest BCUT2D eigenvalue weighted by molar-refractivity contribution is 6.28. The number of hydrogen-bond acceptors (Lipinski definition) is 7. The van der Waals surface area contributed by atoms with Crippen LogP contribution in [-0.2, 0) is 24.0 Å². The molecule has 0 aliphatic heterocycles. The van der Waals surface area contributed by atoms with Crippen molar-refractivity contribution >= 4 is 52.9 Å². The normalized spacial score (nSPS) is 13.4. The van der Waals surface area contributed by atoms with Crippen molar-refractivity contribution in [2.24, 2.45) is 44.8 Å². The molecule has 0 bridgehead atoms. The first-order valence-corrected chi connectivity index (χ1v) is 19.0. The lowest BCUT2D eigenvalue weighted by Gasteiger charge is -2.27. The van der Waals surface area contributed by atoms with Crippen molar-refractivity contribution in [3.63, 3.8) is 0 Å². The Morgan fingerprint density at radius 1 is 0.569 bits per heavy atom. The summed E-state index contributed by atoms with van der Waals surface area (Å²) < 4.78 is 0. The van der Waals surface area contributed by atoms with E-state index >= 15 is 0 Å². The summed E-state index contributed by atoms with van der Waals surface area (Å²) in [6, 6.07) is -3.85. The number of nitrogens with two attached hydrogens (primary N) is 4. The summed E-state index contributed by atoms with van der Waals surface area (Å²) >= 11 is 5.82. The monoisotopic (exact) mass is 742 g/mol. The second kappa shape index (κ2) is 28.0. The fraction of sp³-hybridized carbons (Fsp3) is 0.800. The third-order valence-electron chi connectivity index (χ3n) is 8.07. The minimum atomic E-state index is -1.09. The predicted molar refractivity (Wildman–Crippen MR) is 205 cm³/mol. The number of guanidine groups is 2. The zero-order chi connectivity index (χ0) is 38.8. The highest BCUT2D eigenvalue weighted by Crippen LogP contribution is 2.12. The van der Waals surface area contributed by atoms with Gasteiger partial charge in [-0.3, -0.25) is 34.0 Å². The number of rotatable bonds is 29. The van der Waals surface area contributed by atoms with E-state index in [0.717, 1.165) is 25.7 Å². The standard InChI is InChI=1S/C35H67ClN10O5/c1-6-7-8-9-10-11-12-17-30(48)43-25(15-13-18-41-34(37)38)31(49)44-26(16-14-19-42-35(39)40)32(50)46-28(21-24(4)5)33(51)45-27(20-23(2)3)29(47)22-36/h23-28H,6-22H2,1-5H3,(H,43,48)(H,44,49)(H,45,51)(H,46,50)(H4,37,38,41)(H4,39,40,42)/t25-,26-,27-,28-/m0/s1. The molecule has 0 aromatic rings. The number of alkyl halides is 1. The lowest BCUT2D eigenvalue weighted by Crippen LogP contribution is -2.58. The lowest BCUT2D eigenvalue weighted by molar-refractivity contribution is -0.134. The summed E-state index contributed by atoms with van der Waals surface area (Å²) in [7, 11) is 0. The Bertz CT molecular complexity index is 1110. The molecule has 4 atom stereocenters. The number of ketones is 1. The van der Waals surface area contributed by atoms with Crippen LogP contribution in [0.3, 0.4) is 0 Å². The number of nitrogens with zero attached hydrogens (tertiary/aromatic N) is 2. The molecule has 0 unspecified atom stereocenters. The predicted octanol–water partition coefficient (Wildman–Crippen LogP) is 2.07. The van der Waals surface area contributed by atoms with Gasteiger partial charge in [-0.25, -0.2) is 0 Å². The van der Waals surface area contributed by atoms with Crippen LogP contribution in [0.15, 0.2) is 9.98 Å². The van der Waals surface area contributed by atoms with Crippen LogP contribution >= 0.6 is 11.6 Å². The van der Waals surface area contributed by atoms with Gasteiger partial charge in [0.25, 0.3) is 0 Å². The molecule has 0 spiro atoms. The number of amides is 4. The van der Waals surface area contributed by atoms with Gasteiger partial charge in [-0.1, -0.05) is 73.1 Å². The van der Waals surface area contributed by atoms with Gasteiger partial charge in [-0.15, -0.1) is 11.6 Å². The van der Waals surface area contributed by atoms with E-state index in [1.807, 2.05) is 27.7 Å². The van der Waals surface area contributed by atoms with Gasteiger partial charge in [0.1, 0.15) is 18.1 Å². The average Bonchev–Trinajstić information content (AvgIpc) is 3.05. The summed E-state index contributed by atoms with van der Waals surface area (Å²) in [5, 5.41) is 11.2. The van der Waals surface area contributed by atoms with Gasteiger partial charge in [0.15, 0.2) is 17.7 Å². The molecule has 4 amide bonds. The van der Waals surface area contributed by atoms with E-state index in [1.165, 1.54) is 12.8 Å². The summed E-state index contributed by atoms with van der Waals surface area (Å²) in [5.74, 6) is -2.63. The van der Waals surface area contributed by atoms with Crippen LogP contribution in [0.5, 0.6) is 0 Å². The van der Waals surface area contributed by atoms with Crippen LogP contribution in [0.4, 0.5) is 0 Å². The maximum atomic E-state index is 13.8. The Morgan fingerprint density at radius 2 is 0.980 bits per heavy atom. The van der Waals surface area contributed by atoms with Crippen LogP contribution in [0, 0.1) is 11.8 Å². The van der Waals surface area contributed by atoms with Crippen molar-refractivity contribution in [2.75, 3.05) is 19.0 Å². The Hall–Kier alpha value is -3.62. The zero-order valence-electron chi connectivity index (χ0n) is 31.6. The second-order valence-electron chi connectivity index (χ2n) is 13.9. The van der Waals surface area contributed by atoms with E-state index in [4.69, 9.17) is 34.5 Å². The molecule has 51 heavy (non-hydrogen) atoms. The van der Waals surface area contributed by atoms with Gasteiger partial charge in [0.2, 0.25) is 23.6 Å². The molecule has 16 heteroatoms. The summed E-state index contributed by atoms with van der Waals surface area (Å²) in [6.45, 7) is 10.3. The zero-order valence-corrected chi connectivity index (χ0v) is 32.4. The van der Waals surface area contributed by atoms with E-state index in [-0.39, 0.29) is 80.1 Å². The topological polar surface area (TPSA) is 262 Å². The first kappa shape index (κ1) is 47.4. The number of carbonyl (C=O) groups is 5. The molecule has 0 fully saturated rings. The minimum absolute atomic E-state index is 0.00406. The molecule has 0 rings (SSSR count). The third-order valence-corrected chi connectivity index (χ3v) is 8.33. The molecule has 15 nitrogen and oxygen atoms in total. The van der Waals surface area contributed by atoms with Gasteiger partial charge in [0.05, 0.1) is 11.9 Å². The number of aliphatic imine (C=N–C) groups is 2. The molecule has 12 N–H and O–H groups in total. The van der Waals surface area contributed by atoms with Gasteiger partial charge in [-0.05, 0) is 56.8 Å². The van der Waals surface area contributed by atoms with Crippen LogP contribution < -0.4 is 44.2 Å². The van der Waals surface area contributed by atoms with Crippen molar-refractivity contribution in [3.05, 3.63) is 0 Å².